The summed E-state index contributed by atoms with van der Waals surface area (Å²) in [6, 6.07) is 188. The fourth-order valence-corrected chi connectivity index (χ4v) is 20.7. The van der Waals surface area contributed by atoms with E-state index in [1.54, 1.807) is 0 Å². The molecule has 21 aromatic rings. The Morgan fingerprint density at radius 2 is 0.253 bits per heavy atom. The topological polar surface area (TPSA) is 6.48 Å². The molecule has 0 spiro atoms. The van der Waals surface area contributed by atoms with Crippen LogP contribution in [0.5, 0.6) is 0 Å². The van der Waals surface area contributed by atoms with Crippen LogP contribution in [0.2, 0.25) is 0 Å². The lowest BCUT2D eigenvalue weighted by molar-refractivity contribution is 0.866. The van der Waals surface area contributed by atoms with Crippen molar-refractivity contribution in [1.29, 1.82) is 0 Å². The van der Waals surface area contributed by atoms with Gasteiger partial charge in [0.1, 0.15) is 0 Å². The van der Waals surface area contributed by atoms with Crippen LogP contribution in [0.25, 0.3) is 167 Å². The van der Waals surface area contributed by atoms with Crippen LogP contribution in [0, 0.1) is 0 Å². The van der Waals surface area contributed by atoms with Gasteiger partial charge in [0.15, 0.2) is 0 Å². The van der Waals surface area contributed by atoms with Crippen LogP contribution in [0.1, 0.15) is 152 Å². The number of rotatable bonds is 27. The summed E-state index contributed by atoms with van der Waals surface area (Å²) in [4.78, 5) is 4.80. The van der Waals surface area contributed by atoms with Crippen LogP contribution >= 0.6 is 0 Å². The third kappa shape index (κ3) is 21.5. The number of nitrogens with zero attached hydrogens (tertiary/aromatic N) is 2. The largest absolute Gasteiger partial charge is 0.311 e. The van der Waals surface area contributed by atoms with Crippen molar-refractivity contribution < 1.29 is 0 Å². The van der Waals surface area contributed by atoms with E-state index in [0.717, 1.165) is 50.8 Å². The normalized spacial score (nSPS) is 11.4. The lowest BCUT2D eigenvalue weighted by Gasteiger charge is -2.27. The summed E-state index contributed by atoms with van der Waals surface area (Å²) in [6.45, 7) is 27.3. The quantitative estimate of drug-likeness (QED) is 0.0506. The minimum Gasteiger partial charge on any atom is -0.311 e. The molecule has 0 atom stereocenters. The summed E-state index contributed by atoms with van der Waals surface area (Å²) in [5.41, 5.74) is 51.1. The highest BCUT2D eigenvalue weighted by Crippen LogP contribution is 2.48. The molecule has 2 heteroatoms. The van der Waals surface area contributed by atoms with Crippen LogP contribution in [0.3, 0.4) is 0 Å². The van der Waals surface area contributed by atoms with Crippen molar-refractivity contribution in [3.8, 4) is 167 Å². The number of hydrogen-bond donors (Lipinski definition) is 0. The van der Waals surface area contributed by atoms with Gasteiger partial charge in [-0.05, 0) is 345 Å². The summed E-state index contributed by atoms with van der Waals surface area (Å²) >= 11 is 0. The molecule has 0 heterocycles. The average molecular weight is 1880 g/mol. The van der Waals surface area contributed by atoms with Gasteiger partial charge >= 0.3 is 0 Å². The minimum atomic E-state index is 0.380. The first-order valence-corrected chi connectivity index (χ1v) is 52.0. The zero-order valence-electron chi connectivity index (χ0n) is 85.9. The second-order valence-electron chi connectivity index (χ2n) is 40.6. The van der Waals surface area contributed by atoms with E-state index >= 15 is 0 Å². The molecule has 0 unspecified atom stereocenters. The Labute approximate surface area is 866 Å². The van der Waals surface area contributed by atoms with Gasteiger partial charge in [-0.1, -0.05) is 483 Å². The lowest BCUT2D eigenvalue weighted by Crippen LogP contribution is -2.10. The van der Waals surface area contributed by atoms with Gasteiger partial charge in [-0.3, -0.25) is 0 Å². The Kier molecular flexibility index (Phi) is 29.1. The van der Waals surface area contributed by atoms with Gasteiger partial charge < -0.3 is 9.80 Å². The predicted molar refractivity (Wildman–Crippen MR) is 628 cm³/mol. The van der Waals surface area contributed by atoms with Gasteiger partial charge in [-0.2, -0.15) is 0 Å². The third-order valence-electron chi connectivity index (χ3n) is 29.0. The van der Waals surface area contributed by atoms with Crippen molar-refractivity contribution in [2.75, 3.05) is 9.80 Å². The third-order valence-corrected chi connectivity index (χ3v) is 29.0. The van der Waals surface area contributed by atoms with Crippen LogP contribution < -0.4 is 9.80 Å². The number of anilines is 6. The van der Waals surface area contributed by atoms with E-state index in [-0.39, 0.29) is 0 Å². The second-order valence-corrected chi connectivity index (χ2v) is 40.6. The van der Waals surface area contributed by atoms with Gasteiger partial charge in [0.25, 0.3) is 0 Å². The number of hydrogen-bond acceptors (Lipinski definition) is 2. The van der Waals surface area contributed by atoms with Crippen molar-refractivity contribution in [2.24, 2.45) is 0 Å². The maximum atomic E-state index is 2.42. The summed E-state index contributed by atoms with van der Waals surface area (Å²) in [5, 5.41) is 0. The second kappa shape index (κ2) is 44.0. The summed E-state index contributed by atoms with van der Waals surface area (Å²) in [6.07, 6.45) is 0. The first-order chi connectivity index (χ1) is 71.3. The molecule has 0 fully saturated rings. The van der Waals surface area contributed by atoms with Gasteiger partial charge in [0.2, 0.25) is 0 Å². The molecule has 21 rings (SSSR count). The molecule has 0 aliphatic heterocycles. The molecule has 0 aliphatic carbocycles. The van der Waals surface area contributed by atoms with E-state index in [1.165, 1.54) is 184 Å². The van der Waals surface area contributed by atoms with Gasteiger partial charge in [0, 0.05) is 34.1 Å². The molecule has 146 heavy (non-hydrogen) atoms. The van der Waals surface area contributed by atoms with Crippen LogP contribution in [-0.2, 0) is 0 Å². The summed E-state index contributed by atoms with van der Waals surface area (Å²) < 4.78 is 0. The molecule has 0 saturated heterocycles. The zero-order valence-corrected chi connectivity index (χ0v) is 85.9. The van der Waals surface area contributed by atoms with Crippen molar-refractivity contribution in [2.45, 2.75) is 119 Å². The molecule has 2 nitrogen and oxygen atoms in total. The zero-order chi connectivity index (χ0) is 100. The molecule has 0 aliphatic rings. The highest BCUT2D eigenvalue weighted by molar-refractivity contribution is 5.94. The van der Waals surface area contributed by atoms with Gasteiger partial charge in [-0.25, -0.2) is 0 Å². The Balaban J connectivity index is 0.000000178. The Hall–Kier alpha value is -16.8. The van der Waals surface area contributed by atoms with Crippen molar-refractivity contribution in [3.63, 3.8) is 0 Å². The maximum Gasteiger partial charge on any atom is 0.0462 e. The van der Waals surface area contributed by atoms with Crippen LogP contribution in [0.15, 0.2) is 510 Å². The average Bonchev–Trinajstić information content (AvgIpc) is 0.774. The van der Waals surface area contributed by atoms with E-state index in [2.05, 4.69) is 602 Å². The standard InChI is InChI=1S/C72H51N.C72H75N/c1-7-19-52(20-8-1)61-37-46-67(55-25-13-4-14-26-55)70(49-61)58-31-40-64(41-32-58)73(65-42-33-59(34-43-65)71-50-62(53-21-9-2-10-22-53)38-47-68(71)56-27-15-5-16-28-56)66-44-35-60(36-45-66)72-51-63(54-23-11-3-12-24-54)39-48-69(72)57-29-17-6-18-30-57;1-46(2)52-13-19-55(20-14-52)61-31-40-67(49(7)8)70(43-61)58-25-34-64(35-26-58)73(65-36-27-59(28-37-65)71-44-62(32-41-68(71)50(9)10)56-21-15-53(16-22-56)47(3)4)66-38-29-60(30-39-66)72-45-63(33-42-69(72)51(11)12)57-23-17-54(18-24-57)48(5)6/h1-51H;13-51H,1-12H3. The summed E-state index contributed by atoms with van der Waals surface area (Å²) in [5.74, 6) is 2.65. The maximum absolute atomic E-state index is 2.42. The Bertz CT molecular complexity index is 7230. The van der Waals surface area contributed by atoms with Gasteiger partial charge in [0.05, 0.1) is 0 Å². The van der Waals surface area contributed by atoms with Crippen LogP contribution in [-0.4, -0.2) is 0 Å². The van der Waals surface area contributed by atoms with E-state index < -0.39 is 0 Å². The molecular formula is C144H126N2. The first-order valence-electron chi connectivity index (χ1n) is 52.0. The highest BCUT2D eigenvalue weighted by Gasteiger charge is 2.24. The van der Waals surface area contributed by atoms with Crippen molar-refractivity contribution in [3.05, 3.63) is 543 Å². The molecule has 0 amide bonds. The van der Waals surface area contributed by atoms with E-state index in [4.69, 9.17) is 0 Å². The Morgan fingerprint density at radius 3 is 0.438 bits per heavy atom. The SMILES string of the molecule is CC(C)c1ccc(-c2ccc(C(C)C)c(-c3ccc(N(c4ccc(-c5cc(-c6ccc(C(C)C)cc6)ccc5C(C)C)cc4)c4ccc(-c5cc(-c6ccc(C(C)C)cc6)ccc5C(C)C)cc4)cc3)c2)cc1.c1ccc(-c2ccc(-c3ccccc3)c(-c3ccc(N(c4ccc(-c5cc(-c6ccccc6)ccc5-c5ccccc5)cc4)c4ccc(-c5cc(-c6ccccc6)ccc5-c5ccccc5)cc4)cc3)c2)cc1. The fourth-order valence-electron chi connectivity index (χ4n) is 20.7. The smallest absolute Gasteiger partial charge is 0.0462 e. The molecule has 21 aromatic carbocycles. The molecular weight excluding hydrogens is 1760 g/mol. The molecule has 0 saturated carbocycles. The van der Waals surface area contributed by atoms with Crippen molar-refractivity contribution in [1.82, 2.24) is 0 Å². The predicted octanol–water partition coefficient (Wildman–Crippen LogP) is 42.1. The van der Waals surface area contributed by atoms with Crippen LogP contribution in [0.4, 0.5) is 34.1 Å². The van der Waals surface area contributed by atoms with E-state index in [0.29, 0.717) is 35.5 Å². The first kappa shape index (κ1) is 96.7. The minimum absolute atomic E-state index is 0.380. The lowest BCUT2D eigenvalue weighted by atomic mass is 9.88. The molecule has 0 bridgehead atoms. The van der Waals surface area contributed by atoms with E-state index in [9.17, 15) is 0 Å². The van der Waals surface area contributed by atoms with Crippen molar-refractivity contribution >= 4 is 34.1 Å². The fraction of sp³-hybridized carbons (Fsp3) is 0.125. The molecule has 0 N–H and O–H groups in total. The number of benzene rings is 21. The highest BCUT2D eigenvalue weighted by atomic mass is 15.1. The summed E-state index contributed by atoms with van der Waals surface area (Å²) in [7, 11) is 0. The molecule has 0 radical (unpaired) electrons. The Morgan fingerprint density at radius 1 is 0.110 bits per heavy atom. The van der Waals surface area contributed by atoms with Gasteiger partial charge in [-0.15, -0.1) is 0 Å². The van der Waals surface area contributed by atoms with E-state index in [1.807, 2.05) is 0 Å². The monoisotopic (exact) mass is 1880 g/mol. The molecule has 712 valence electrons. The molecule has 0 aromatic heterocycles.